The number of rotatable bonds is 5. The Balaban J connectivity index is 1.20. The van der Waals surface area contributed by atoms with Gasteiger partial charge in [-0.25, -0.2) is 9.80 Å². The molecule has 7 rings (SSSR count). The third-order valence-corrected chi connectivity index (χ3v) is 8.35. The SMILES string of the molecule is CCc1cc(N2C(=O)c3ccc(-c4ccc(N)cc4)cc3C2=O)ccc1N1C(=O)c2ccc(-c3ccc(C)cc3)cc2C1=O. The summed E-state index contributed by atoms with van der Waals surface area (Å²) in [6, 6.07) is 30.8. The van der Waals surface area contributed by atoms with Gasteiger partial charge in [0, 0.05) is 5.69 Å². The number of anilines is 3. The minimum atomic E-state index is -0.429. The molecule has 5 aromatic rings. The molecule has 0 aromatic heterocycles. The molecule has 0 aliphatic carbocycles. The predicted octanol–water partition coefficient (Wildman–Crippen LogP) is 7.07. The Morgan fingerprint density at radius 2 is 1.00 bits per heavy atom. The standard InChI is InChI=1S/C37H27N3O4/c1-3-22-18-28(39-34(41)29-15-10-26(19-31(29)36(39)43)24-8-12-27(38)13-9-24)14-17-33(22)40-35(42)30-16-11-25(20-32(30)37(40)44)23-6-4-21(2)5-7-23/h4-20H,3,38H2,1-2H3. The average molecular weight is 578 g/mol. The van der Waals surface area contributed by atoms with Crippen molar-refractivity contribution in [2.75, 3.05) is 15.5 Å². The van der Waals surface area contributed by atoms with Crippen LogP contribution in [0.4, 0.5) is 17.1 Å². The highest BCUT2D eigenvalue weighted by Crippen LogP contribution is 2.37. The smallest absolute Gasteiger partial charge is 0.266 e. The number of imide groups is 2. The van der Waals surface area contributed by atoms with Gasteiger partial charge in [0.2, 0.25) is 0 Å². The van der Waals surface area contributed by atoms with Crippen molar-refractivity contribution in [1.29, 1.82) is 0 Å². The summed E-state index contributed by atoms with van der Waals surface area (Å²) in [5.41, 5.74) is 13.9. The fourth-order valence-electron chi connectivity index (χ4n) is 5.93. The van der Waals surface area contributed by atoms with E-state index in [1.807, 2.05) is 62.4 Å². The zero-order chi connectivity index (χ0) is 30.7. The molecule has 0 saturated heterocycles. The van der Waals surface area contributed by atoms with E-state index in [1.54, 1.807) is 54.6 Å². The second-order valence-corrected chi connectivity index (χ2v) is 11.1. The molecule has 2 N–H and O–H groups in total. The van der Waals surface area contributed by atoms with Crippen molar-refractivity contribution >= 4 is 40.7 Å². The molecule has 7 heteroatoms. The quantitative estimate of drug-likeness (QED) is 0.178. The molecule has 0 unspecified atom stereocenters. The van der Waals surface area contributed by atoms with E-state index in [-0.39, 0.29) is 0 Å². The van der Waals surface area contributed by atoms with Crippen LogP contribution in [-0.2, 0) is 6.42 Å². The molecule has 5 aromatic carbocycles. The van der Waals surface area contributed by atoms with Gasteiger partial charge >= 0.3 is 0 Å². The summed E-state index contributed by atoms with van der Waals surface area (Å²) < 4.78 is 0. The van der Waals surface area contributed by atoms with Gasteiger partial charge in [0.25, 0.3) is 23.6 Å². The first-order chi connectivity index (χ1) is 21.2. The molecular weight excluding hydrogens is 550 g/mol. The second kappa shape index (κ2) is 10.2. The monoisotopic (exact) mass is 577 g/mol. The summed E-state index contributed by atoms with van der Waals surface area (Å²) in [5.74, 6) is -1.66. The molecule has 0 fully saturated rings. The van der Waals surface area contributed by atoms with Gasteiger partial charge in [0.1, 0.15) is 0 Å². The van der Waals surface area contributed by atoms with Gasteiger partial charge in [-0.15, -0.1) is 0 Å². The van der Waals surface area contributed by atoms with Crippen LogP contribution in [0.25, 0.3) is 22.3 Å². The topological polar surface area (TPSA) is 101 Å². The number of nitrogen functional groups attached to an aromatic ring is 1. The number of fused-ring (bicyclic) bond motifs is 2. The van der Waals surface area contributed by atoms with E-state index in [4.69, 9.17) is 5.73 Å². The van der Waals surface area contributed by atoms with Crippen molar-refractivity contribution in [3.05, 3.63) is 137 Å². The summed E-state index contributed by atoms with van der Waals surface area (Å²) in [6.45, 7) is 3.91. The van der Waals surface area contributed by atoms with Gasteiger partial charge in [-0.2, -0.15) is 0 Å². The van der Waals surface area contributed by atoms with Crippen molar-refractivity contribution in [3.63, 3.8) is 0 Å². The van der Waals surface area contributed by atoms with E-state index >= 15 is 0 Å². The van der Waals surface area contributed by atoms with Crippen LogP contribution < -0.4 is 15.5 Å². The molecular formula is C37H27N3O4. The van der Waals surface area contributed by atoms with Gasteiger partial charge in [0.15, 0.2) is 0 Å². The molecule has 0 radical (unpaired) electrons. The average Bonchev–Trinajstić information content (AvgIpc) is 3.44. The number of hydrogen-bond acceptors (Lipinski definition) is 5. The summed E-state index contributed by atoms with van der Waals surface area (Å²) in [6.07, 6.45) is 0.468. The molecule has 2 heterocycles. The maximum atomic E-state index is 13.7. The van der Waals surface area contributed by atoms with Gasteiger partial charge in [0.05, 0.1) is 33.6 Å². The lowest BCUT2D eigenvalue weighted by Gasteiger charge is -2.21. The number of carbonyl (C=O) groups is 4. The number of nitrogens with two attached hydrogens (primary N) is 1. The first-order valence-corrected chi connectivity index (χ1v) is 14.4. The summed E-state index contributed by atoms with van der Waals surface area (Å²) in [7, 11) is 0. The Bertz CT molecular complexity index is 2050. The third-order valence-electron chi connectivity index (χ3n) is 8.35. The van der Waals surface area contributed by atoms with E-state index in [0.29, 0.717) is 51.3 Å². The predicted molar refractivity (Wildman–Crippen MR) is 171 cm³/mol. The number of nitrogens with zero attached hydrogens (tertiary/aromatic N) is 2. The number of hydrogen-bond donors (Lipinski definition) is 1. The molecule has 2 aliphatic heterocycles. The number of benzene rings is 5. The lowest BCUT2D eigenvalue weighted by atomic mass is 9.99. The van der Waals surface area contributed by atoms with Crippen LogP contribution in [0, 0.1) is 6.92 Å². The van der Waals surface area contributed by atoms with Gasteiger partial charge in [-0.1, -0.05) is 61.0 Å². The van der Waals surface area contributed by atoms with E-state index < -0.39 is 23.6 Å². The normalized spacial score (nSPS) is 14.0. The molecule has 4 amide bonds. The fourth-order valence-corrected chi connectivity index (χ4v) is 5.93. The number of carbonyl (C=O) groups excluding carboxylic acids is 4. The molecule has 44 heavy (non-hydrogen) atoms. The first-order valence-electron chi connectivity index (χ1n) is 14.4. The Hall–Kier alpha value is -5.82. The Kier molecular flexibility index (Phi) is 6.25. The second-order valence-electron chi connectivity index (χ2n) is 11.1. The van der Waals surface area contributed by atoms with Gasteiger partial charge < -0.3 is 5.73 Å². The molecule has 2 aliphatic rings. The Morgan fingerprint density at radius 3 is 1.57 bits per heavy atom. The molecule has 7 nitrogen and oxygen atoms in total. The fraction of sp³-hybridized carbons (Fsp3) is 0.0811. The van der Waals surface area contributed by atoms with Gasteiger partial charge in [-0.3, -0.25) is 19.2 Å². The molecule has 0 atom stereocenters. The van der Waals surface area contributed by atoms with Crippen LogP contribution in [0.5, 0.6) is 0 Å². The van der Waals surface area contributed by atoms with E-state index in [0.717, 1.165) is 32.7 Å². The Morgan fingerprint density at radius 1 is 0.523 bits per heavy atom. The van der Waals surface area contributed by atoms with E-state index in [1.165, 1.54) is 4.90 Å². The van der Waals surface area contributed by atoms with Gasteiger partial charge in [-0.05, 0) is 95.8 Å². The molecule has 0 spiro atoms. The number of amides is 4. The maximum absolute atomic E-state index is 13.7. The lowest BCUT2D eigenvalue weighted by molar-refractivity contribution is 0.0909. The number of aryl methyl sites for hydroxylation is 2. The maximum Gasteiger partial charge on any atom is 0.266 e. The van der Waals surface area contributed by atoms with Crippen LogP contribution in [0.3, 0.4) is 0 Å². The first kappa shape index (κ1) is 27.0. The van der Waals surface area contributed by atoms with Crippen molar-refractivity contribution in [1.82, 2.24) is 0 Å². The summed E-state index contributed by atoms with van der Waals surface area (Å²) >= 11 is 0. The van der Waals surface area contributed by atoms with Crippen LogP contribution in [0.1, 0.15) is 59.5 Å². The highest BCUT2D eigenvalue weighted by Gasteiger charge is 2.40. The lowest BCUT2D eigenvalue weighted by Crippen LogP contribution is -2.31. The van der Waals surface area contributed by atoms with E-state index in [9.17, 15) is 19.2 Å². The highest BCUT2D eigenvalue weighted by atomic mass is 16.2. The largest absolute Gasteiger partial charge is 0.399 e. The highest BCUT2D eigenvalue weighted by molar-refractivity contribution is 6.36. The minimum Gasteiger partial charge on any atom is -0.399 e. The van der Waals surface area contributed by atoms with Crippen LogP contribution in [0.2, 0.25) is 0 Å². The minimum absolute atomic E-state index is 0.316. The van der Waals surface area contributed by atoms with Crippen molar-refractivity contribution in [2.24, 2.45) is 0 Å². The van der Waals surface area contributed by atoms with Crippen molar-refractivity contribution in [3.8, 4) is 22.3 Å². The summed E-state index contributed by atoms with van der Waals surface area (Å²) in [4.78, 5) is 56.5. The van der Waals surface area contributed by atoms with Crippen LogP contribution in [0.15, 0.2) is 103 Å². The zero-order valence-electron chi connectivity index (χ0n) is 24.1. The van der Waals surface area contributed by atoms with Crippen LogP contribution >= 0.6 is 0 Å². The zero-order valence-corrected chi connectivity index (χ0v) is 24.1. The third kappa shape index (κ3) is 4.21. The Labute approximate surface area is 254 Å². The van der Waals surface area contributed by atoms with Crippen LogP contribution in [-0.4, -0.2) is 23.6 Å². The molecule has 214 valence electrons. The molecule has 0 bridgehead atoms. The van der Waals surface area contributed by atoms with Crippen molar-refractivity contribution in [2.45, 2.75) is 20.3 Å². The molecule has 0 saturated carbocycles. The van der Waals surface area contributed by atoms with E-state index in [2.05, 4.69) is 0 Å². The summed E-state index contributed by atoms with van der Waals surface area (Å²) in [5, 5.41) is 0. The van der Waals surface area contributed by atoms with Crippen molar-refractivity contribution < 1.29 is 19.2 Å².